The molecule has 4 rings (SSSR count). The van der Waals surface area contributed by atoms with E-state index in [4.69, 9.17) is 11.6 Å². The molecular weight excluding hydrogens is 503 g/mol. The van der Waals surface area contributed by atoms with Gasteiger partial charge in [-0.3, -0.25) is 4.99 Å². The lowest BCUT2D eigenvalue weighted by atomic mass is 9.91. The molecule has 1 fully saturated rings. The van der Waals surface area contributed by atoms with Crippen molar-refractivity contribution in [2.24, 2.45) is 16.0 Å². The summed E-state index contributed by atoms with van der Waals surface area (Å²) in [7, 11) is -2.68. The second-order valence-electron chi connectivity index (χ2n) is 8.41. The van der Waals surface area contributed by atoms with E-state index in [2.05, 4.69) is 14.8 Å². The Labute approximate surface area is 207 Å². The fraction of sp³-hybridized carbons (Fsp3) is 0.391. The second kappa shape index (κ2) is 10.2. The fourth-order valence-electron chi connectivity index (χ4n) is 4.28. The van der Waals surface area contributed by atoms with Crippen LogP contribution in [0.5, 0.6) is 0 Å². The van der Waals surface area contributed by atoms with E-state index >= 15 is 0 Å². The van der Waals surface area contributed by atoms with Crippen LogP contribution in [0, 0.1) is 5.92 Å². The van der Waals surface area contributed by atoms with Gasteiger partial charge in [0.1, 0.15) is 0 Å². The topological polar surface area (TPSA) is 77.4 Å². The van der Waals surface area contributed by atoms with E-state index < -0.39 is 22.3 Å². The highest BCUT2D eigenvalue weighted by Gasteiger charge is 2.43. The maximum atomic E-state index is 13.0. The molecule has 12 heteroatoms. The summed E-state index contributed by atoms with van der Waals surface area (Å²) in [4.78, 5) is 4.09. The molecule has 35 heavy (non-hydrogen) atoms. The number of benzene rings is 2. The number of piperidine rings is 1. The number of hydrogen-bond acceptors (Lipinski definition) is 4. The summed E-state index contributed by atoms with van der Waals surface area (Å²) in [6.45, 7) is -0.113. The minimum absolute atomic E-state index is 0.00663. The number of nitrogens with zero attached hydrogens (tertiary/aromatic N) is 4. The van der Waals surface area contributed by atoms with Gasteiger partial charge in [-0.1, -0.05) is 54.1 Å². The molecule has 0 unspecified atom stereocenters. The number of guanidine groups is 1. The normalized spacial score (nSPS) is 20.7. The molecule has 0 aliphatic carbocycles. The van der Waals surface area contributed by atoms with Gasteiger partial charge in [-0.2, -0.15) is 31.0 Å². The van der Waals surface area contributed by atoms with Gasteiger partial charge in [0.2, 0.25) is 5.96 Å². The van der Waals surface area contributed by atoms with Gasteiger partial charge < -0.3 is 0 Å². The largest absolute Gasteiger partial charge is 0.391 e. The maximum Gasteiger partial charge on any atom is 0.391 e. The quantitative estimate of drug-likeness (QED) is 0.477. The average molecular weight is 528 g/mol. The van der Waals surface area contributed by atoms with Crippen molar-refractivity contribution in [1.82, 2.24) is 14.0 Å². The first-order valence-corrected chi connectivity index (χ1v) is 12.9. The van der Waals surface area contributed by atoms with Crippen LogP contribution in [-0.4, -0.2) is 62.3 Å². The van der Waals surface area contributed by atoms with Crippen molar-refractivity contribution in [2.75, 3.05) is 26.7 Å². The predicted molar refractivity (Wildman–Crippen MR) is 130 cm³/mol. The van der Waals surface area contributed by atoms with Gasteiger partial charge in [0, 0.05) is 31.1 Å². The Balaban J connectivity index is 1.55. The summed E-state index contributed by atoms with van der Waals surface area (Å²) < 4.78 is 68.3. The van der Waals surface area contributed by atoms with Crippen LogP contribution in [0.15, 0.2) is 64.7 Å². The summed E-state index contributed by atoms with van der Waals surface area (Å²) in [5, 5.41) is 6.73. The molecule has 0 saturated carbocycles. The number of nitrogens with one attached hydrogen (secondary N) is 1. The smallest absolute Gasteiger partial charge is 0.254 e. The van der Waals surface area contributed by atoms with Gasteiger partial charge in [-0.15, -0.1) is 0 Å². The first-order valence-electron chi connectivity index (χ1n) is 11.1. The van der Waals surface area contributed by atoms with E-state index in [0.717, 1.165) is 21.1 Å². The molecule has 0 bridgehead atoms. The minimum Gasteiger partial charge on any atom is -0.254 e. The van der Waals surface area contributed by atoms with Crippen LogP contribution in [0.2, 0.25) is 5.02 Å². The first-order chi connectivity index (χ1) is 16.6. The molecule has 2 aliphatic rings. The van der Waals surface area contributed by atoms with E-state index in [9.17, 15) is 21.6 Å². The van der Waals surface area contributed by atoms with Gasteiger partial charge in [0.15, 0.2) is 0 Å². The van der Waals surface area contributed by atoms with E-state index in [1.807, 2.05) is 42.5 Å². The van der Waals surface area contributed by atoms with Gasteiger partial charge >= 0.3 is 16.4 Å². The number of aliphatic imine (C=N–C) groups is 1. The highest BCUT2D eigenvalue weighted by atomic mass is 35.5. The molecule has 0 radical (unpaired) electrons. The lowest BCUT2D eigenvalue weighted by Gasteiger charge is -2.32. The Morgan fingerprint density at radius 3 is 2.29 bits per heavy atom. The van der Waals surface area contributed by atoms with Crippen molar-refractivity contribution in [1.29, 1.82) is 0 Å². The molecule has 2 heterocycles. The van der Waals surface area contributed by atoms with Gasteiger partial charge in [-0.05, 0) is 36.1 Å². The van der Waals surface area contributed by atoms with Crippen molar-refractivity contribution in [3.63, 3.8) is 0 Å². The highest BCUT2D eigenvalue weighted by Crippen LogP contribution is 2.35. The summed E-state index contributed by atoms with van der Waals surface area (Å²) in [6, 6.07) is 16.9. The van der Waals surface area contributed by atoms with Crippen LogP contribution < -0.4 is 4.72 Å². The van der Waals surface area contributed by atoms with Crippen molar-refractivity contribution in [2.45, 2.75) is 24.9 Å². The lowest BCUT2D eigenvalue weighted by molar-refractivity contribution is -0.182. The third kappa shape index (κ3) is 5.79. The number of halogens is 4. The molecule has 0 aromatic heterocycles. The fourth-order valence-corrected chi connectivity index (χ4v) is 5.65. The van der Waals surface area contributed by atoms with E-state index in [0.29, 0.717) is 11.6 Å². The number of alkyl halides is 3. The van der Waals surface area contributed by atoms with Crippen LogP contribution >= 0.6 is 11.6 Å². The van der Waals surface area contributed by atoms with Gasteiger partial charge in [0.05, 0.1) is 18.2 Å². The average Bonchev–Trinajstić information content (AvgIpc) is 3.28. The first kappa shape index (κ1) is 25.5. The molecule has 1 N–H and O–H groups in total. The summed E-state index contributed by atoms with van der Waals surface area (Å²) >= 11 is 6.04. The third-order valence-corrected chi connectivity index (χ3v) is 7.93. The van der Waals surface area contributed by atoms with E-state index in [1.165, 1.54) is 12.1 Å². The van der Waals surface area contributed by atoms with Crippen LogP contribution in [0.1, 0.15) is 29.9 Å². The number of hydrogen-bond donors (Lipinski definition) is 1. The molecule has 0 amide bonds. The van der Waals surface area contributed by atoms with Gasteiger partial charge in [-0.25, -0.2) is 9.73 Å². The third-order valence-electron chi connectivity index (χ3n) is 6.19. The number of rotatable bonds is 4. The van der Waals surface area contributed by atoms with Crippen molar-refractivity contribution in [3.05, 3.63) is 70.7 Å². The molecule has 2 aromatic carbocycles. The summed E-state index contributed by atoms with van der Waals surface area (Å²) in [6.07, 6.45) is -4.88. The van der Waals surface area contributed by atoms with Crippen molar-refractivity contribution >= 4 is 33.5 Å². The Morgan fingerprint density at radius 2 is 1.71 bits per heavy atom. The predicted octanol–water partition coefficient (Wildman–Crippen LogP) is 4.24. The SMILES string of the molecule is CN=C(NS(=O)(=O)N1CCC(C(F)(F)F)CC1)N1C[C@@H](c2ccccc2)C(c2ccc(Cl)cc2)=N1. The second-order valence-corrected chi connectivity index (χ2v) is 10.5. The minimum atomic E-state index is -4.33. The zero-order valence-electron chi connectivity index (χ0n) is 18.9. The lowest BCUT2D eigenvalue weighted by Crippen LogP contribution is -2.51. The number of hydrazone groups is 1. The maximum absolute atomic E-state index is 13.0. The Kier molecular flexibility index (Phi) is 7.39. The molecule has 2 aliphatic heterocycles. The standard InChI is InChI=1S/C23H25ClF3N5O2S/c1-28-22(30-35(33,34)31-13-11-18(12-14-31)23(25,26)27)32-15-20(16-5-3-2-4-6-16)21(29-32)17-7-9-19(24)10-8-17/h2-10,18,20H,11-15H2,1H3,(H,28,30)/t20-/m0/s1. The zero-order valence-corrected chi connectivity index (χ0v) is 20.5. The molecule has 188 valence electrons. The Hall–Kier alpha value is -2.63. The Bertz CT molecular complexity index is 1200. The van der Waals surface area contributed by atoms with Crippen molar-refractivity contribution < 1.29 is 21.6 Å². The van der Waals surface area contributed by atoms with Crippen molar-refractivity contribution in [3.8, 4) is 0 Å². The molecule has 7 nitrogen and oxygen atoms in total. The van der Waals surface area contributed by atoms with E-state index in [-0.39, 0.29) is 37.8 Å². The molecule has 1 saturated heterocycles. The van der Waals surface area contributed by atoms with Gasteiger partial charge in [0.25, 0.3) is 0 Å². The monoisotopic (exact) mass is 527 g/mol. The van der Waals surface area contributed by atoms with Crippen LogP contribution in [0.4, 0.5) is 13.2 Å². The van der Waals surface area contributed by atoms with Crippen LogP contribution in [0.25, 0.3) is 0 Å². The van der Waals surface area contributed by atoms with Crippen LogP contribution in [-0.2, 0) is 10.2 Å². The van der Waals surface area contributed by atoms with E-state index in [1.54, 1.807) is 12.1 Å². The molecular formula is C23H25ClF3N5O2S. The summed E-state index contributed by atoms with van der Waals surface area (Å²) in [5.74, 6) is -1.67. The molecule has 0 spiro atoms. The zero-order chi connectivity index (χ0) is 25.2. The molecule has 1 atom stereocenters. The molecule has 2 aromatic rings. The Morgan fingerprint density at radius 1 is 1.09 bits per heavy atom. The summed E-state index contributed by atoms with van der Waals surface area (Å²) in [5.41, 5.74) is 2.55. The van der Waals surface area contributed by atoms with Crippen LogP contribution in [0.3, 0.4) is 0 Å². The highest BCUT2D eigenvalue weighted by molar-refractivity contribution is 7.87.